The van der Waals surface area contributed by atoms with Gasteiger partial charge >= 0.3 is 0 Å². The molecule has 0 N–H and O–H groups in total. The maximum atomic E-state index is 13.5. The molecule has 0 spiro atoms. The number of aromatic nitrogens is 1. The van der Waals surface area contributed by atoms with E-state index in [1.807, 2.05) is 48.5 Å². The Kier molecular flexibility index (Phi) is 6.34. The average molecular weight is 444 g/mol. The maximum absolute atomic E-state index is 13.5. The minimum atomic E-state index is -0.769. The van der Waals surface area contributed by atoms with Crippen LogP contribution in [0.2, 0.25) is 0 Å². The van der Waals surface area contributed by atoms with E-state index in [4.69, 9.17) is 19.7 Å². The number of ether oxygens (including phenoxy) is 2. The number of benzene rings is 3. The minimum absolute atomic E-state index is 0.220. The molecular formula is C25H21N3O3S. The molecule has 0 radical (unpaired) electrons. The number of hydrogen-bond acceptors (Lipinski definition) is 6. The van der Waals surface area contributed by atoms with E-state index in [1.54, 1.807) is 43.2 Å². The van der Waals surface area contributed by atoms with Crippen LogP contribution in [0.1, 0.15) is 18.1 Å². The van der Waals surface area contributed by atoms with Crippen LogP contribution in [0.15, 0.2) is 72.8 Å². The lowest BCUT2D eigenvalue weighted by atomic mass is 10.2. The highest BCUT2D eigenvalue weighted by atomic mass is 32.1. The zero-order chi connectivity index (χ0) is 22.5. The van der Waals surface area contributed by atoms with Crippen LogP contribution in [-0.2, 0) is 11.3 Å². The number of carbonyl (C=O) groups excluding carboxylic acids is 1. The van der Waals surface area contributed by atoms with Gasteiger partial charge in [-0.15, -0.1) is 0 Å². The van der Waals surface area contributed by atoms with Gasteiger partial charge in [0.15, 0.2) is 11.2 Å². The topological polar surface area (TPSA) is 75.4 Å². The van der Waals surface area contributed by atoms with Gasteiger partial charge in [0.05, 0.1) is 35.5 Å². The van der Waals surface area contributed by atoms with Crippen LogP contribution >= 0.6 is 11.3 Å². The van der Waals surface area contributed by atoms with Gasteiger partial charge in [-0.05, 0) is 48.9 Å². The van der Waals surface area contributed by atoms with Crippen molar-refractivity contribution in [2.75, 3.05) is 12.0 Å². The molecule has 0 saturated carbocycles. The molecule has 0 aliphatic heterocycles. The Morgan fingerprint density at radius 2 is 1.91 bits per heavy atom. The standard InChI is InChI=1S/C25H21N3O3S/c1-17(31-21-10-6-9-19(13-21)15-26)24(29)28(16-18-7-4-3-5-8-18)25-27-22-12-11-20(30-2)14-23(22)32-25/h3-14,17H,16H2,1-2H3. The van der Waals surface area contributed by atoms with E-state index < -0.39 is 6.10 Å². The molecule has 7 heteroatoms. The van der Waals surface area contributed by atoms with E-state index in [9.17, 15) is 4.79 Å². The van der Waals surface area contributed by atoms with Crippen LogP contribution in [0.5, 0.6) is 11.5 Å². The number of hydrogen-bond donors (Lipinski definition) is 0. The largest absolute Gasteiger partial charge is 0.497 e. The first kappa shape index (κ1) is 21.3. The Labute approximate surface area is 190 Å². The second-order valence-electron chi connectivity index (χ2n) is 7.14. The summed E-state index contributed by atoms with van der Waals surface area (Å²) in [7, 11) is 1.62. The second kappa shape index (κ2) is 9.50. The number of nitrogens with zero attached hydrogens (tertiary/aromatic N) is 3. The molecule has 0 fully saturated rings. The smallest absolute Gasteiger partial charge is 0.269 e. The molecule has 3 aromatic carbocycles. The SMILES string of the molecule is COc1ccc2nc(N(Cc3ccccc3)C(=O)C(C)Oc3cccc(C#N)c3)sc2c1. The van der Waals surface area contributed by atoms with Crippen molar-refractivity contribution >= 4 is 32.6 Å². The maximum Gasteiger partial charge on any atom is 0.269 e. The lowest BCUT2D eigenvalue weighted by Gasteiger charge is -2.24. The molecule has 1 heterocycles. The van der Waals surface area contributed by atoms with Gasteiger partial charge in [-0.25, -0.2) is 4.98 Å². The van der Waals surface area contributed by atoms with Crippen molar-refractivity contribution in [3.05, 3.63) is 83.9 Å². The summed E-state index contributed by atoms with van der Waals surface area (Å²) < 4.78 is 12.1. The Bertz CT molecular complexity index is 1280. The van der Waals surface area contributed by atoms with E-state index in [-0.39, 0.29) is 5.91 Å². The number of anilines is 1. The third-order valence-electron chi connectivity index (χ3n) is 4.89. The van der Waals surface area contributed by atoms with Crippen molar-refractivity contribution in [3.63, 3.8) is 0 Å². The van der Waals surface area contributed by atoms with Crippen molar-refractivity contribution in [3.8, 4) is 17.6 Å². The van der Waals surface area contributed by atoms with E-state index >= 15 is 0 Å². The zero-order valence-corrected chi connectivity index (χ0v) is 18.5. The Morgan fingerprint density at radius 3 is 2.66 bits per heavy atom. The van der Waals surface area contributed by atoms with Gasteiger partial charge in [0, 0.05) is 0 Å². The molecule has 1 aromatic heterocycles. The molecule has 160 valence electrons. The molecule has 1 amide bonds. The first-order valence-corrected chi connectivity index (χ1v) is 10.9. The number of rotatable bonds is 7. The van der Waals surface area contributed by atoms with Crippen LogP contribution in [-0.4, -0.2) is 24.1 Å². The van der Waals surface area contributed by atoms with Gasteiger partial charge < -0.3 is 9.47 Å². The summed E-state index contributed by atoms with van der Waals surface area (Å²) in [6.07, 6.45) is -0.769. The summed E-state index contributed by atoms with van der Waals surface area (Å²) in [6.45, 7) is 2.07. The van der Waals surface area contributed by atoms with Crippen molar-refractivity contribution in [1.82, 2.24) is 4.98 Å². The third kappa shape index (κ3) is 4.71. The first-order valence-electron chi connectivity index (χ1n) is 10.0. The molecule has 6 nitrogen and oxygen atoms in total. The van der Waals surface area contributed by atoms with Crippen LogP contribution in [0.4, 0.5) is 5.13 Å². The summed E-state index contributed by atoms with van der Waals surface area (Å²) in [5.74, 6) is 0.989. The minimum Gasteiger partial charge on any atom is -0.497 e. The molecule has 1 unspecified atom stereocenters. The van der Waals surface area contributed by atoms with Gasteiger partial charge in [0.2, 0.25) is 0 Å². The summed E-state index contributed by atoms with van der Waals surface area (Å²) >= 11 is 1.43. The molecule has 4 rings (SSSR count). The van der Waals surface area contributed by atoms with Crippen molar-refractivity contribution < 1.29 is 14.3 Å². The molecule has 0 aliphatic rings. The van der Waals surface area contributed by atoms with E-state index in [1.165, 1.54) is 11.3 Å². The number of thiazole rings is 1. The highest BCUT2D eigenvalue weighted by Crippen LogP contribution is 2.33. The third-order valence-corrected chi connectivity index (χ3v) is 5.93. The van der Waals surface area contributed by atoms with E-state index in [0.717, 1.165) is 21.5 Å². The summed E-state index contributed by atoms with van der Waals surface area (Å²) in [5.41, 5.74) is 2.26. The van der Waals surface area contributed by atoms with Gasteiger partial charge in [-0.2, -0.15) is 5.26 Å². The lowest BCUT2D eigenvalue weighted by Crippen LogP contribution is -2.40. The first-order chi connectivity index (χ1) is 15.6. The van der Waals surface area contributed by atoms with E-state index in [0.29, 0.717) is 23.0 Å². The molecule has 0 saturated heterocycles. The number of amides is 1. The second-order valence-corrected chi connectivity index (χ2v) is 8.15. The molecule has 0 bridgehead atoms. The van der Waals surface area contributed by atoms with Crippen LogP contribution in [0, 0.1) is 11.3 Å². The molecule has 4 aromatic rings. The van der Waals surface area contributed by atoms with Crippen molar-refractivity contribution in [1.29, 1.82) is 5.26 Å². The normalized spacial score (nSPS) is 11.5. The molecular weight excluding hydrogens is 422 g/mol. The highest BCUT2D eigenvalue weighted by molar-refractivity contribution is 7.22. The Hall–Kier alpha value is -3.89. The Balaban J connectivity index is 1.65. The fourth-order valence-corrected chi connectivity index (χ4v) is 4.25. The predicted octanol–water partition coefficient (Wildman–Crippen LogP) is 5.18. The zero-order valence-electron chi connectivity index (χ0n) is 17.7. The number of methoxy groups -OCH3 is 1. The van der Waals surface area contributed by atoms with Crippen LogP contribution < -0.4 is 14.4 Å². The molecule has 1 atom stereocenters. The molecule has 32 heavy (non-hydrogen) atoms. The fraction of sp³-hybridized carbons (Fsp3) is 0.160. The van der Waals surface area contributed by atoms with Gasteiger partial charge in [-0.1, -0.05) is 47.7 Å². The summed E-state index contributed by atoms with van der Waals surface area (Å²) in [4.78, 5) is 19.8. The quantitative estimate of drug-likeness (QED) is 0.394. The predicted molar refractivity (Wildman–Crippen MR) is 125 cm³/mol. The van der Waals surface area contributed by atoms with E-state index in [2.05, 4.69) is 6.07 Å². The average Bonchev–Trinajstić information content (AvgIpc) is 3.25. The monoisotopic (exact) mass is 443 g/mol. The van der Waals surface area contributed by atoms with Crippen molar-refractivity contribution in [2.24, 2.45) is 0 Å². The van der Waals surface area contributed by atoms with Crippen molar-refractivity contribution in [2.45, 2.75) is 19.6 Å². The molecule has 0 aliphatic carbocycles. The number of fused-ring (bicyclic) bond motifs is 1. The van der Waals surface area contributed by atoms with Gasteiger partial charge in [-0.3, -0.25) is 9.69 Å². The highest BCUT2D eigenvalue weighted by Gasteiger charge is 2.26. The summed E-state index contributed by atoms with van der Waals surface area (Å²) in [5, 5.41) is 9.70. The summed E-state index contributed by atoms with van der Waals surface area (Å²) in [6, 6.07) is 24.3. The number of carbonyl (C=O) groups is 1. The van der Waals surface area contributed by atoms with Crippen LogP contribution in [0.3, 0.4) is 0 Å². The van der Waals surface area contributed by atoms with Crippen LogP contribution in [0.25, 0.3) is 10.2 Å². The fourth-order valence-electron chi connectivity index (χ4n) is 3.25. The lowest BCUT2D eigenvalue weighted by molar-refractivity contribution is -0.124. The van der Waals surface area contributed by atoms with Gasteiger partial charge in [0.25, 0.3) is 5.91 Å². The Morgan fingerprint density at radius 1 is 1.09 bits per heavy atom. The van der Waals surface area contributed by atoms with Gasteiger partial charge in [0.1, 0.15) is 11.5 Å². The number of nitriles is 1.